The number of hydrogen-bond acceptors (Lipinski definition) is 3. The lowest BCUT2D eigenvalue weighted by Crippen LogP contribution is -2.34. The van der Waals surface area contributed by atoms with Crippen LogP contribution < -0.4 is 9.62 Å². The van der Waals surface area contributed by atoms with E-state index >= 15 is 0 Å². The Balaban J connectivity index is 1.88. The fourth-order valence-corrected chi connectivity index (χ4v) is 4.24. The molecule has 2 aromatic rings. The molecule has 5 heteroatoms. The number of nitrogens with zero attached hydrogens (tertiary/aromatic N) is 1. The molecule has 0 aromatic heterocycles. The van der Waals surface area contributed by atoms with Crippen molar-refractivity contribution in [2.24, 2.45) is 5.92 Å². The monoisotopic (exact) mass is 344 g/mol. The average Bonchev–Trinajstić information content (AvgIpc) is 2.55. The third-order valence-corrected chi connectivity index (χ3v) is 5.86. The predicted octanol–water partition coefficient (Wildman–Crippen LogP) is 4.03. The molecule has 1 heterocycles. The first-order valence-corrected chi connectivity index (χ1v) is 9.87. The molecule has 1 fully saturated rings. The molecular formula is C19H24N2O2S. The van der Waals surface area contributed by atoms with E-state index in [0.717, 1.165) is 30.8 Å². The Morgan fingerprint density at radius 2 is 1.79 bits per heavy atom. The highest BCUT2D eigenvalue weighted by molar-refractivity contribution is 7.92. The summed E-state index contributed by atoms with van der Waals surface area (Å²) in [5, 5.41) is 0. The maximum atomic E-state index is 12.7. The average molecular weight is 344 g/mol. The van der Waals surface area contributed by atoms with Crippen molar-refractivity contribution in [3.8, 4) is 0 Å². The van der Waals surface area contributed by atoms with E-state index in [0.29, 0.717) is 11.6 Å². The summed E-state index contributed by atoms with van der Waals surface area (Å²) in [5.41, 5.74) is 2.64. The highest BCUT2D eigenvalue weighted by Crippen LogP contribution is 2.31. The number of anilines is 2. The van der Waals surface area contributed by atoms with Gasteiger partial charge in [0.2, 0.25) is 0 Å². The van der Waals surface area contributed by atoms with Crippen molar-refractivity contribution in [1.29, 1.82) is 0 Å². The molecule has 0 saturated carbocycles. The minimum atomic E-state index is -3.58. The minimum absolute atomic E-state index is 0.287. The molecule has 2 aromatic carbocycles. The lowest BCUT2D eigenvalue weighted by Gasteiger charge is -2.34. The quantitative estimate of drug-likeness (QED) is 0.911. The molecule has 3 rings (SSSR count). The van der Waals surface area contributed by atoms with E-state index in [9.17, 15) is 8.42 Å². The Hall–Kier alpha value is -2.01. The molecule has 1 aliphatic rings. The molecule has 24 heavy (non-hydrogen) atoms. The van der Waals surface area contributed by atoms with Gasteiger partial charge >= 0.3 is 0 Å². The number of rotatable bonds is 4. The number of para-hydroxylation sites is 2. The van der Waals surface area contributed by atoms with Crippen LogP contribution in [0.15, 0.2) is 53.4 Å². The molecule has 1 N–H and O–H groups in total. The molecule has 1 unspecified atom stereocenters. The number of benzene rings is 2. The second-order valence-electron chi connectivity index (χ2n) is 6.63. The van der Waals surface area contributed by atoms with Gasteiger partial charge in [-0.3, -0.25) is 4.72 Å². The summed E-state index contributed by atoms with van der Waals surface area (Å²) in [6, 6.07) is 14.6. The smallest absolute Gasteiger partial charge is 0.261 e. The molecule has 0 bridgehead atoms. The topological polar surface area (TPSA) is 49.4 Å². The van der Waals surface area contributed by atoms with Crippen molar-refractivity contribution in [3.05, 3.63) is 54.1 Å². The number of sulfonamides is 1. The molecule has 0 aliphatic carbocycles. The van der Waals surface area contributed by atoms with Crippen molar-refractivity contribution in [2.75, 3.05) is 22.7 Å². The number of piperidine rings is 1. The van der Waals surface area contributed by atoms with Crippen molar-refractivity contribution < 1.29 is 8.42 Å². The Kier molecular flexibility index (Phi) is 4.81. The highest BCUT2D eigenvalue weighted by atomic mass is 32.2. The van der Waals surface area contributed by atoms with Crippen LogP contribution in [0.4, 0.5) is 11.4 Å². The largest absolute Gasteiger partial charge is 0.370 e. The summed E-state index contributed by atoms with van der Waals surface area (Å²) < 4.78 is 28.1. The van der Waals surface area contributed by atoms with Crippen LogP contribution in [-0.4, -0.2) is 21.5 Å². The molecule has 1 atom stereocenters. The number of aryl methyl sites for hydroxylation is 1. The SMILES string of the molecule is Cc1ccc(S(=O)(=O)Nc2ccccc2N2CCCC(C)C2)cc1. The Labute approximate surface area is 144 Å². The summed E-state index contributed by atoms with van der Waals surface area (Å²) in [7, 11) is -3.58. The van der Waals surface area contributed by atoms with Crippen molar-refractivity contribution in [1.82, 2.24) is 0 Å². The van der Waals surface area contributed by atoms with Gasteiger partial charge in [-0.25, -0.2) is 8.42 Å². The maximum absolute atomic E-state index is 12.7. The lowest BCUT2D eigenvalue weighted by atomic mass is 9.99. The third-order valence-electron chi connectivity index (χ3n) is 4.48. The van der Waals surface area contributed by atoms with Crippen LogP contribution in [0.2, 0.25) is 0 Å². The lowest BCUT2D eigenvalue weighted by molar-refractivity contribution is 0.447. The van der Waals surface area contributed by atoms with Crippen molar-refractivity contribution >= 4 is 21.4 Å². The first-order chi connectivity index (χ1) is 11.5. The zero-order valence-corrected chi connectivity index (χ0v) is 15.0. The van der Waals surface area contributed by atoms with Gasteiger partial charge in [0.15, 0.2) is 0 Å². The van der Waals surface area contributed by atoms with E-state index in [1.807, 2.05) is 43.3 Å². The second-order valence-corrected chi connectivity index (χ2v) is 8.31. The van der Waals surface area contributed by atoms with Gasteiger partial charge in [-0.05, 0) is 49.9 Å². The molecule has 1 aliphatic heterocycles. The summed E-state index contributed by atoms with van der Waals surface area (Å²) >= 11 is 0. The van der Waals surface area contributed by atoms with Crippen LogP contribution in [0.1, 0.15) is 25.3 Å². The molecule has 0 spiro atoms. The fourth-order valence-electron chi connectivity index (χ4n) is 3.17. The minimum Gasteiger partial charge on any atom is -0.370 e. The molecule has 0 amide bonds. The normalized spacial score (nSPS) is 18.4. The summed E-state index contributed by atoms with van der Waals surface area (Å²) in [4.78, 5) is 2.57. The van der Waals surface area contributed by atoms with Crippen LogP contribution in [0.3, 0.4) is 0 Å². The zero-order chi connectivity index (χ0) is 17.2. The second kappa shape index (κ2) is 6.85. The molecule has 1 saturated heterocycles. The van der Waals surface area contributed by atoms with Gasteiger partial charge in [-0.15, -0.1) is 0 Å². The summed E-state index contributed by atoms with van der Waals surface area (Å²) in [6.45, 7) is 6.11. The van der Waals surface area contributed by atoms with E-state index in [1.54, 1.807) is 12.1 Å². The summed E-state index contributed by atoms with van der Waals surface area (Å²) in [6.07, 6.45) is 2.37. The van der Waals surface area contributed by atoms with E-state index in [2.05, 4.69) is 16.5 Å². The Morgan fingerprint density at radius 1 is 1.08 bits per heavy atom. The first-order valence-electron chi connectivity index (χ1n) is 8.39. The third kappa shape index (κ3) is 3.73. The van der Waals surface area contributed by atoms with Gasteiger partial charge in [0.1, 0.15) is 0 Å². The van der Waals surface area contributed by atoms with E-state index in [1.165, 1.54) is 6.42 Å². The van der Waals surface area contributed by atoms with Crippen LogP contribution >= 0.6 is 0 Å². The van der Waals surface area contributed by atoms with Gasteiger partial charge < -0.3 is 4.90 Å². The van der Waals surface area contributed by atoms with Gasteiger partial charge in [0.25, 0.3) is 10.0 Å². The molecule has 128 valence electrons. The van der Waals surface area contributed by atoms with Gasteiger partial charge in [-0.1, -0.05) is 36.8 Å². The molecule has 4 nitrogen and oxygen atoms in total. The van der Waals surface area contributed by atoms with Crippen LogP contribution in [0, 0.1) is 12.8 Å². The Morgan fingerprint density at radius 3 is 2.50 bits per heavy atom. The highest BCUT2D eigenvalue weighted by Gasteiger charge is 2.21. The van der Waals surface area contributed by atoms with Crippen LogP contribution in [-0.2, 0) is 10.0 Å². The van der Waals surface area contributed by atoms with Gasteiger partial charge in [0, 0.05) is 13.1 Å². The van der Waals surface area contributed by atoms with Crippen LogP contribution in [0.25, 0.3) is 0 Å². The standard InChI is InChI=1S/C19H24N2O2S/c1-15-9-11-17(12-10-15)24(22,23)20-18-7-3-4-8-19(18)21-13-5-6-16(2)14-21/h3-4,7-12,16,20H,5-6,13-14H2,1-2H3. The van der Waals surface area contributed by atoms with Crippen LogP contribution in [0.5, 0.6) is 0 Å². The first kappa shape index (κ1) is 16.8. The van der Waals surface area contributed by atoms with Gasteiger partial charge in [-0.2, -0.15) is 0 Å². The van der Waals surface area contributed by atoms with E-state index < -0.39 is 10.0 Å². The van der Waals surface area contributed by atoms with E-state index in [4.69, 9.17) is 0 Å². The maximum Gasteiger partial charge on any atom is 0.261 e. The van der Waals surface area contributed by atoms with Crippen molar-refractivity contribution in [2.45, 2.75) is 31.6 Å². The molecule has 0 radical (unpaired) electrons. The number of hydrogen-bond donors (Lipinski definition) is 1. The number of nitrogens with one attached hydrogen (secondary N) is 1. The Bertz CT molecular complexity index is 800. The zero-order valence-electron chi connectivity index (χ0n) is 14.2. The van der Waals surface area contributed by atoms with E-state index in [-0.39, 0.29) is 4.90 Å². The summed E-state index contributed by atoms with van der Waals surface area (Å²) in [5.74, 6) is 0.625. The molecular weight excluding hydrogens is 320 g/mol. The van der Waals surface area contributed by atoms with Gasteiger partial charge in [0.05, 0.1) is 16.3 Å². The predicted molar refractivity (Wildman–Crippen MR) is 99.0 cm³/mol. The van der Waals surface area contributed by atoms with Crippen molar-refractivity contribution in [3.63, 3.8) is 0 Å². The fraction of sp³-hybridized carbons (Fsp3) is 0.368.